The average molecular weight is 132 g/mol. The SMILES string of the molecule is CNNC(=O)C[C@@H](C)O. The molecule has 54 valence electrons. The van der Waals surface area contributed by atoms with E-state index in [1.165, 1.54) is 0 Å². The lowest BCUT2D eigenvalue weighted by Gasteiger charge is -2.03. The van der Waals surface area contributed by atoms with E-state index in [0.717, 1.165) is 0 Å². The third-order valence-electron chi connectivity index (χ3n) is 0.745. The van der Waals surface area contributed by atoms with E-state index in [2.05, 4.69) is 10.9 Å². The van der Waals surface area contributed by atoms with Crippen LogP contribution >= 0.6 is 0 Å². The minimum atomic E-state index is -0.571. The summed E-state index contributed by atoms with van der Waals surface area (Å²) >= 11 is 0. The van der Waals surface area contributed by atoms with E-state index < -0.39 is 6.10 Å². The second kappa shape index (κ2) is 4.29. The molecular weight excluding hydrogens is 120 g/mol. The first-order valence-corrected chi connectivity index (χ1v) is 2.80. The third kappa shape index (κ3) is 5.26. The summed E-state index contributed by atoms with van der Waals surface area (Å²) in [5.74, 6) is -0.201. The zero-order chi connectivity index (χ0) is 7.28. The predicted molar refractivity (Wildman–Crippen MR) is 33.5 cm³/mol. The van der Waals surface area contributed by atoms with Gasteiger partial charge < -0.3 is 5.11 Å². The number of nitrogens with one attached hydrogen (secondary N) is 2. The molecule has 0 unspecified atom stereocenters. The van der Waals surface area contributed by atoms with E-state index >= 15 is 0 Å². The van der Waals surface area contributed by atoms with Crippen LogP contribution in [-0.4, -0.2) is 24.2 Å². The van der Waals surface area contributed by atoms with Crippen molar-refractivity contribution in [2.75, 3.05) is 7.05 Å². The Morgan fingerprint density at radius 2 is 2.33 bits per heavy atom. The van der Waals surface area contributed by atoms with Crippen molar-refractivity contribution < 1.29 is 9.90 Å². The van der Waals surface area contributed by atoms with Gasteiger partial charge in [-0.25, -0.2) is 5.43 Å². The Hall–Kier alpha value is -0.610. The van der Waals surface area contributed by atoms with Crippen molar-refractivity contribution in [2.45, 2.75) is 19.4 Å². The van der Waals surface area contributed by atoms with Crippen molar-refractivity contribution in [1.29, 1.82) is 0 Å². The van der Waals surface area contributed by atoms with Crippen LogP contribution in [0.1, 0.15) is 13.3 Å². The molecule has 0 spiro atoms. The molecule has 0 saturated heterocycles. The van der Waals surface area contributed by atoms with E-state index in [1.807, 2.05) is 0 Å². The number of aliphatic hydroxyl groups is 1. The first-order chi connectivity index (χ1) is 4.16. The predicted octanol–water partition coefficient (Wildman–Crippen LogP) is -0.992. The van der Waals surface area contributed by atoms with Gasteiger partial charge in [-0.3, -0.25) is 10.2 Å². The van der Waals surface area contributed by atoms with Gasteiger partial charge in [0.25, 0.3) is 0 Å². The Morgan fingerprint density at radius 3 is 2.67 bits per heavy atom. The molecule has 1 amide bonds. The molecule has 0 aliphatic rings. The van der Waals surface area contributed by atoms with Gasteiger partial charge in [0.15, 0.2) is 0 Å². The number of carbonyl (C=O) groups excluding carboxylic acids is 1. The second-order valence-corrected chi connectivity index (χ2v) is 1.85. The summed E-state index contributed by atoms with van der Waals surface area (Å²) < 4.78 is 0. The van der Waals surface area contributed by atoms with Crippen LogP contribution in [0.4, 0.5) is 0 Å². The van der Waals surface area contributed by atoms with E-state index in [1.54, 1.807) is 14.0 Å². The van der Waals surface area contributed by atoms with Gasteiger partial charge in [-0.2, -0.15) is 0 Å². The molecule has 0 bridgehead atoms. The number of carbonyl (C=O) groups is 1. The van der Waals surface area contributed by atoms with Gasteiger partial charge in [0.1, 0.15) is 0 Å². The molecule has 9 heavy (non-hydrogen) atoms. The van der Waals surface area contributed by atoms with Gasteiger partial charge in [-0.1, -0.05) is 0 Å². The smallest absolute Gasteiger partial charge is 0.236 e. The Kier molecular flexibility index (Phi) is 4.00. The largest absolute Gasteiger partial charge is 0.393 e. The summed E-state index contributed by atoms with van der Waals surface area (Å²) in [6.45, 7) is 1.56. The molecule has 0 aromatic carbocycles. The molecule has 3 N–H and O–H groups in total. The zero-order valence-electron chi connectivity index (χ0n) is 5.64. The van der Waals surface area contributed by atoms with Gasteiger partial charge in [0.05, 0.1) is 12.5 Å². The van der Waals surface area contributed by atoms with Gasteiger partial charge in [0.2, 0.25) is 5.91 Å². The molecule has 0 aliphatic carbocycles. The lowest BCUT2D eigenvalue weighted by Crippen LogP contribution is -2.35. The molecule has 0 heterocycles. The van der Waals surface area contributed by atoms with Gasteiger partial charge in [-0.05, 0) is 6.92 Å². The molecule has 4 heteroatoms. The third-order valence-corrected chi connectivity index (χ3v) is 0.745. The maximum absolute atomic E-state index is 10.5. The fourth-order valence-electron chi connectivity index (χ4n) is 0.459. The van der Waals surface area contributed by atoms with Crippen LogP contribution in [0.2, 0.25) is 0 Å². The fraction of sp³-hybridized carbons (Fsp3) is 0.800. The standard InChI is InChI=1S/C5H12N2O2/c1-4(8)3-5(9)7-6-2/h4,6,8H,3H2,1-2H3,(H,7,9)/t4-/m1/s1. The highest BCUT2D eigenvalue weighted by molar-refractivity contribution is 5.75. The quantitative estimate of drug-likeness (QED) is 0.432. The number of hydrogen-bond acceptors (Lipinski definition) is 3. The van der Waals surface area contributed by atoms with E-state index in [9.17, 15) is 4.79 Å². The number of amides is 1. The van der Waals surface area contributed by atoms with Crippen molar-refractivity contribution >= 4 is 5.91 Å². The van der Waals surface area contributed by atoms with Crippen LogP contribution < -0.4 is 10.9 Å². The normalized spacial score (nSPS) is 12.8. The molecular formula is C5H12N2O2. The zero-order valence-corrected chi connectivity index (χ0v) is 5.64. The fourth-order valence-corrected chi connectivity index (χ4v) is 0.459. The van der Waals surface area contributed by atoms with Crippen LogP contribution in [0.15, 0.2) is 0 Å². The Bertz CT molecular complexity index is 93.0. The number of rotatable bonds is 3. The van der Waals surface area contributed by atoms with Crippen LogP contribution in [0.25, 0.3) is 0 Å². The lowest BCUT2D eigenvalue weighted by molar-refractivity contribution is -0.123. The highest BCUT2D eigenvalue weighted by Gasteiger charge is 2.02. The summed E-state index contributed by atoms with van der Waals surface area (Å²) in [6.07, 6.45) is -0.431. The minimum Gasteiger partial charge on any atom is -0.393 e. The minimum absolute atomic E-state index is 0.140. The van der Waals surface area contributed by atoms with E-state index in [-0.39, 0.29) is 12.3 Å². The van der Waals surface area contributed by atoms with Crippen LogP contribution in [0.3, 0.4) is 0 Å². The molecule has 4 nitrogen and oxygen atoms in total. The van der Waals surface area contributed by atoms with Gasteiger partial charge in [0, 0.05) is 7.05 Å². The Labute approximate surface area is 54.2 Å². The monoisotopic (exact) mass is 132 g/mol. The molecule has 0 fully saturated rings. The van der Waals surface area contributed by atoms with Crippen molar-refractivity contribution in [3.05, 3.63) is 0 Å². The molecule has 0 aromatic heterocycles. The van der Waals surface area contributed by atoms with Crippen molar-refractivity contribution in [3.63, 3.8) is 0 Å². The van der Waals surface area contributed by atoms with Crippen molar-refractivity contribution in [1.82, 2.24) is 10.9 Å². The summed E-state index contributed by atoms with van der Waals surface area (Å²) in [5.41, 5.74) is 4.79. The maximum Gasteiger partial charge on any atom is 0.236 e. The Balaban J connectivity index is 3.27. The van der Waals surface area contributed by atoms with Crippen LogP contribution in [0.5, 0.6) is 0 Å². The maximum atomic E-state index is 10.5. The molecule has 0 saturated carbocycles. The lowest BCUT2D eigenvalue weighted by atomic mass is 10.3. The highest BCUT2D eigenvalue weighted by atomic mass is 16.3. The first kappa shape index (κ1) is 8.39. The summed E-state index contributed by atoms with van der Waals surface area (Å²) in [7, 11) is 1.60. The topological polar surface area (TPSA) is 61.4 Å². The molecule has 0 radical (unpaired) electrons. The average Bonchev–Trinajstić information content (AvgIpc) is 1.63. The van der Waals surface area contributed by atoms with Crippen LogP contribution in [-0.2, 0) is 4.79 Å². The van der Waals surface area contributed by atoms with Crippen molar-refractivity contribution in [2.24, 2.45) is 0 Å². The highest BCUT2D eigenvalue weighted by Crippen LogP contribution is 1.86. The first-order valence-electron chi connectivity index (χ1n) is 2.80. The van der Waals surface area contributed by atoms with E-state index in [4.69, 9.17) is 5.11 Å². The molecule has 0 aromatic rings. The molecule has 0 rings (SSSR count). The van der Waals surface area contributed by atoms with Gasteiger partial charge in [-0.15, -0.1) is 0 Å². The number of aliphatic hydroxyl groups excluding tert-OH is 1. The van der Waals surface area contributed by atoms with E-state index in [0.29, 0.717) is 0 Å². The number of hydrogen-bond donors (Lipinski definition) is 3. The molecule has 1 atom stereocenters. The van der Waals surface area contributed by atoms with Gasteiger partial charge >= 0.3 is 0 Å². The molecule has 0 aliphatic heterocycles. The number of hydrazine groups is 1. The van der Waals surface area contributed by atoms with Crippen LogP contribution in [0, 0.1) is 0 Å². The Morgan fingerprint density at radius 1 is 1.78 bits per heavy atom. The van der Waals surface area contributed by atoms with Crippen molar-refractivity contribution in [3.8, 4) is 0 Å². The summed E-state index contributed by atoms with van der Waals surface area (Å²) in [4.78, 5) is 10.5. The second-order valence-electron chi connectivity index (χ2n) is 1.85. The summed E-state index contributed by atoms with van der Waals surface area (Å²) in [6, 6.07) is 0. The summed E-state index contributed by atoms with van der Waals surface area (Å²) in [5, 5.41) is 8.66.